The molecule has 0 saturated carbocycles. The fraction of sp³-hybridized carbons (Fsp3) is 0.367. The summed E-state index contributed by atoms with van der Waals surface area (Å²) in [6.45, 7) is 8.83. The molecule has 3 aromatic carbocycles. The second-order valence-electron chi connectivity index (χ2n) is 9.20. The van der Waals surface area contributed by atoms with E-state index in [2.05, 4.69) is 49.1 Å². The predicted octanol–water partition coefficient (Wildman–Crippen LogP) is 6.89. The lowest BCUT2D eigenvalue weighted by Gasteiger charge is -2.18. The Balaban J connectivity index is 1.47. The van der Waals surface area contributed by atoms with E-state index in [9.17, 15) is 4.79 Å². The third kappa shape index (κ3) is 6.03. The molecular formula is C30H34ClNO4. The first-order chi connectivity index (χ1) is 17.5. The number of halogens is 1. The first-order valence-corrected chi connectivity index (χ1v) is 12.9. The molecule has 0 bridgehead atoms. The highest BCUT2D eigenvalue weighted by molar-refractivity contribution is 6.32. The van der Waals surface area contributed by atoms with Crippen LogP contribution in [-0.4, -0.2) is 44.5 Å². The molecule has 36 heavy (non-hydrogen) atoms. The smallest absolute Gasteiger partial charge is 0.153 e. The van der Waals surface area contributed by atoms with Gasteiger partial charge in [-0.3, -0.25) is 4.79 Å². The Kier molecular flexibility index (Phi) is 8.89. The Bertz CT molecular complexity index is 1200. The van der Waals surface area contributed by atoms with E-state index in [1.54, 1.807) is 12.1 Å². The van der Waals surface area contributed by atoms with E-state index in [1.165, 1.54) is 33.0 Å². The van der Waals surface area contributed by atoms with Crippen LogP contribution < -0.4 is 14.2 Å². The van der Waals surface area contributed by atoms with Crippen LogP contribution in [0.5, 0.6) is 17.2 Å². The van der Waals surface area contributed by atoms with Crippen LogP contribution in [0.2, 0.25) is 5.02 Å². The van der Waals surface area contributed by atoms with E-state index in [1.807, 2.05) is 6.07 Å². The number of carbonyl (C=O) groups excluding carboxylic acids is 1. The fourth-order valence-corrected chi connectivity index (χ4v) is 4.98. The maximum atomic E-state index is 11.2. The van der Waals surface area contributed by atoms with Gasteiger partial charge in [-0.05, 0) is 86.1 Å². The number of methoxy groups -OCH3 is 1. The quantitative estimate of drug-likeness (QED) is 0.209. The van der Waals surface area contributed by atoms with Crippen LogP contribution in [0.4, 0.5) is 0 Å². The van der Waals surface area contributed by atoms with Crippen molar-refractivity contribution >= 4 is 17.9 Å². The minimum Gasteiger partial charge on any atom is -0.496 e. The van der Waals surface area contributed by atoms with Gasteiger partial charge in [0.2, 0.25) is 0 Å². The zero-order valence-electron chi connectivity index (χ0n) is 21.3. The maximum Gasteiger partial charge on any atom is 0.153 e. The third-order valence-electron chi connectivity index (χ3n) is 6.89. The number of benzene rings is 3. The summed E-state index contributed by atoms with van der Waals surface area (Å²) in [5.41, 5.74) is 6.02. The number of rotatable bonds is 11. The van der Waals surface area contributed by atoms with Gasteiger partial charge in [-0.1, -0.05) is 41.9 Å². The molecule has 0 aliphatic carbocycles. The lowest BCUT2D eigenvalue weighted by molar-refractivity contribution is 0.112. The molecule has 190 valence electrons. The van der Waals surface area contributed by atoms with Crippen molar-refractivity contribution in [1.29, 1.82) is 0 Å². The van der Waals surface area contributed by atoms with Gasteiger partial charge in [-0.2, -0.15) is 0 Å². The second kappa shape index (κ2) is 12.3. The molecule has 6 heteroatoms. The highest BCUT2D eigenvalue weighted by atomic mass is 35.5. The largest absolute Gasteiger partial charge is 0.496 e. The molecule has 1 fully saturated rings. The molecule has 1 aliphatic heterocycles. The van der Waals surface area contributed by atoms with Crippen molar-refractivity contribution in [1.82, 2.24) is 4.90 Å². The van der Waals surface area contributed by atoms with Gasteiger partial charge in [0.05, 0.1) is 24.3 Å². The highest BCUT2D eigenvalue weighted by Gasteiger charge is 2.15. The van der Waals surface area contributed by atoms with Crippen molar-refractivity contribution in [3.8, 4) is 28.4 Å². The predicted molar refractivity (Wildman–Crippen MR) is 145 cm³/mol. The molecule has 0 N–H and O–H groups in total. The summed E-state index contributed by atoms with van der Waals surface area (Å²) in [4.78, 5) is 13.8. The number of hydrogen-bond acceptors (Lipinski definition) is 5. The normalized spacial score (nSPS) is 13.6. The van der Waals surface area contributed by atoms with Crippen LogP contribution >= 0.6 is 11.6 Å². The minimum atomic E-state index is 0.342. The van der Waals surface area contributed by atoms with Crippen molar-refractivity contribution < 1.29 is 19.0 Å². The van der Waals surface area contributed by atoms with E-state index in [0.717, 1.165) is 59.4 Å². The molecule has 1 aliphatic rings. The van der Waals surface area contributed by atoms with Gasteiger partial charge >= 0.3 is 0 Å². The van der Waals surface area contributed by atoms with Crippen molar-refractivity contribution in [3.63, 3.8) is 0 Å². The summed E-state index contributed by atoms with van der Waals surface area (Å²) in [6, 6.07) is 15.7. The van der Waals surface area contributed by atoms with E-state index < -0.39 is 0 Å². The molecule has 0 atom stereocenters. The summed E-state index contributed by atoms with van der Waals surface area (Å²) in [5.74, 6) is 1.84. The van der Waals surface area contributed by atoms with Gasteiger partial charge in [0, 0.05) is 12.6 Å². The standard InChI is InChI=1S/C30H34ClNO4/c1-21-23(20-36-30-18-29(34-3)24(19-33)17-27(30)31)9-6-10-25(21)26-11-7-12-28(22(26)2)35-16-8-15-32-13-4-5-14-32/h6-7,9-12,17-19H,4-5,8,13-16,20H2,1-3H3. The van der Waals surface area contributed by atoms with Crippen molar-refractivity contribution in [2.45, 2.75) is 39.7 Å². The maximum absolute atomic E-state index is 11.2. The third-order valence-corrected chi connectivity index (χ3v) is 7.18. The minimum absolute atomic E-state index is 0.342. The lowest BCUT2D eigenvalue weighted by atomic mass is 9.93. The topological polar surface area (TPSA) is 48.0 Å². The highest BCUT2D eigenvalue weighted by Crippen LogP contribution is 2.35. The first-order valence-electron chi connectivity index (χ1n) is 12.5. The average molecular weight is 508 g/mol. The van der Waals surface area contributed by atoms with E-state index >= 15 is 0 Å². The zero-order valence-corrected chi connectivity index (χ0v) is 22.1. The molecule has 0 spiro atoms. The molecule has 0 unspecified atom stereocenters. The van der Waals surface area contributed by atoms with Crippen LogP contribution in [0.15, 0.2) is 48.5 Å². The average Bonchev–Trinajstić information content (AvgIpc) is 3.41. The van der Waals surface area contributed by atoms with Crippen molar-refractivity contribution in [2.24, 2.45) is 0 Å². The van der Waals surface area contributed by atoms with E-state index in [0.29, 0.717) is 28.7 Å². The summed E-state index contributed by atoms with van der Waals surface area (Å²) in [5, 5.41) is 0.372. The Morgan fingerprint density at radius 3 is 2.36 bits per heavy atom. The Morgan fingerprint density at radius 2 is 1.64 bits per heavy atom. The molecule has 3 aromatic rings. The van der Waals surface area contributed by atoms with E-state index in [-0.39, 0.29) is 0 Å². The van der Waals surface area contributed by atoms with Crippen LogP contribution in [0.1, 0.15) is 46.3 Å². The number of ether oxygens (including phenoxy) is 3. The van der Waals surface area contributed by atoms with Gasteiger partial charge in [-0.25, -0.2) is 0 Å². The molecule has 0 radical (unpaired) electrons. The Morgan fingerprint density at radius 1 is 0.917 bits per heavy atom. The van der Waals surface area contributed by atoms with Crippen molar-refractivity contribution in [2.75, 3.05) is 33.4 Å². The summed E-state index contributed by atoms with van der Waals surface area (Å²) in [7, 11) is 1.52. The van der Waals surface area contributed by atoms with Crippen LogP contribution in [-0.2, 0) is 6.61 Å². The van der Waals surface area contributed by atoms with Gasteiger partial charge in [0.25, 0.3) is 0 Å². The van der Waals surface area contributed by atoms with Gasteiger partial charge in [0.1, 0.15) is 23.9 Å². The number of aldehydes is 1. The van der Waals surface area contributed by atoms with Crippen LogP contribution in [0.3, 0.4) is 0 Å². The molecule has 4 rings (SSSR count). The molecular weight excluding hydrogens is 474 g/mol. The second-order valence-corrected chi connectivity index (χ2v) is 9.61. The Labute approximate surface area is 218 Å². The number of carbonyl (C=O) groups is 1. The molecule has 5 nitrogen and oxygen atoms in total. The number of nitrogens with zero attached hydrogens (tertiary/aromatic N) is 1. The number of hydrogen-bond donors (Lipinski definition) is 0. The van der Waals surface area contributed by atoms with Gasteiger partial charge in [0.15, 0.2) is 6.29 Å². The fourth-order valence-electron chi connectivity index (χ4n) is 4.76. The SMILES string of the molecule is COc1cc(OCc2cccc(-c3cccc(OCCCN4CCCC4)c3C)c2C)c(Cl)cc1C=O. The van der Waals surface area contributed by atoms with Gasteiger partial charge < -0.3 is 19.1 Å². The summed E-state index contributed by atoms with van der Waals surface area (Å²) < 4.78 is 17.5. The van der Waals surface area contributed by atoms with Crippen LogP contribution in [0.25, 0.3) is 11.1 Å². The van der Waals surface area contributed by atoms with E-state index in [4.69, 9.17) is 25.8 Å². The lowest BCUT2D eigenvalue weighted by Crippen LogP contribution is -2.22. The zero-order chi connectivity index (χ0) is 25.5. The monoisotopic (exact) mass is 507 g/mol. The molecule has 0 amide bonds. The summed E-state index contributed by atoms with van der Waals surface area (Å²) in [6.07, 6.45) is 4.39. The first kappa shape index (κ1) is 26.1. The van der Waals surface area contributed by atoms with Crippen molar-refractivity contribution in [3.05, 3.63) is 75.8 Å². The van der Waals surface area contributed by atoms with Crippen LogP contribution in [0, 0.1) is 13.8 Å². The molecule has 0 aromatic heterocycles. The Hall–Kier alpha value is -3.02. The van der Waals surface area contributed by atoms with Gasteiger partial charge in [-0.15, -0.1) is 0 Å². The molecule has 1 saturated heterocycles. The molecule has 1 heterocycles. The summed E-state index contributed by atoms with van der Waals surface area (Å²) >= 11 is 6.34. The number of likely N-dealkylation sites (tertiary alicyclic amines) is 1.